The van der Waals surface area contributed by atoms with Crippen LogP contribution in [0.4, 0.5) is 4.79 Å². The molecule has 3 rings (SSSR count). The number of hydrogen-bond acceptors (Lipinski definition) is 6. The molecule has 6 nitrogen and oxygen atoms in total. The minimum atomic E-state index is -0.450. The summed E-state index contributed by atoms with van der Waals surface area (Å²) < 4.78 is 5.26. The van der Waals surface area contributed by atoms with Crippen molar-refractivity contribution in [2.45, 2.75) is 20.0 Å². The third-order valence-corrected chi connectivity index (χ3v) is 4.54. The number of carbonyl (C=O) groups excluding carboxylic acids is 3. The normalized spacial score (nSPS) is 15.2. The van der Waals surface area contributed by atoms with Gasteiger partial charge in [-0.25, -0.2) is 4.79 Å². The lowest BCUT2D eigenvalue weighted by Crippen LogP contribution is -2.17. The maximum Gasteiger partial charge on any atom is 0.338 e. The summed E-state index contributed by atoms with van der Waals surface area (Å²) in [5, 5.41) is 1.81. The average Bonchev–Trinajstić information content (AvgIpc) is 2.97. The summed E-state index contributed by atoms with van der Waals surface area (Å²) >= 11 is 0.850. The number of aromatic nitrogens is 1. The van der Waals surface area contributed by atoms with Crippen LogP contribution < -0.4 is 5.32 Å². The molecule has 0 unspecified atom stereocenters. The first-order valence-electron chi connectivity index (χ1n) is 8.01. The molecule has 1 N–H and O–H groups in total. The molecular weight excluding hydrogens is 352 g/mol. The molecule has 2 aromatic rings. The lowest BCUT2D eigenvalue weighted by molar-refractivity contribution is -0.115. The van der Waals surface area contributed by atoms with E-state index >= 15 is 0 Å². The minimum Gasteiger partial charge on any atom is -0.456 e. The topological polar surface area (TPSA) is 85.4 Å². The molecule has 0 radical (unpaired) electrons. The number of aryl methyl sites for hydroxylation is 1. The standard InChI is InChI=1S/C19H16N2O4S/c1-2-12-5-8-15(20-10-12)11-25-18(23)14-6-3-13(4-7-14)9-16-17(22)21-19(24)26-16/h3-10H,2,11H2,1H3,(H,21,22,24)/b16-9-. The van der Waals surface area contributed by atoms with Crippen molar-refractivity contribution in [1.82, 2.24) is 10.3 Å². The quantitative estimate of drug-likeness (QED) is 0.644. The zero-order valence-corrected chi connectivity index (χ0v) is 14.8. The van der Waals surface area contributed by atoms with Crippen molar-refractivity contribution in [3.63, 3.8) is 0 Å². The second kappa shape index (κ2) is 7.97. The van der Waals surface area contributed by atoms with Gasteiger partial charge in [-0.3, -0.25) is 19.9 Å². The van der Waals surface area contributed by atoms with Crippen LogP contribution in [0.25, 0.3) is 6.08 Å². The lowest BCUT2D eigenvalue weighted by atomic mass is 10.1. The Labute approximate surface area is 154 Å². The zero-order chi connectivity index (χ0) is 18.5. The van der Waals surface area contributed by atoms with Gasteiger partial charge in [0.05, 0.1) is 16.2 Å². The summed E-state index contributed by atoms with van der Waals surface area (Å²) in [4.78, 5) is 39.4. The molecule has 1 aliphatic rings. The van der Waals surface area contributed by atoms with Crippen LogP contribution >= 0.6 is 11.8 Å². The van der Waals surface area contributed by atoms with Crippen molar-refractivity contribution in [3.8, 4) is 0 Å². The highest BCUT2D eigenvalue weighted by atomic mass is 32.2. The van der Waals surface area contributed by atoms with Crippen molar-refractivity contribution >= 4 is 35.0 Å². The molecule has 1 aromatic heterocycles. The smallest absolute Gasteiger partial charge is 0.338 e. The fraction of sp³-hybridized carbons (Fsp3) is 0.158. The highest BCUT2D eigenvalue weighted by molar-refractivity contribution is 8.18. The van der Waals surface area contributed by atoms with Gasteiger partial charge in [-0.1, -0.05) is 25.1 Å². The van der Waals surface area contributed by atoms with E-state index in [4.69, 9.17) is 4.74 Å². The number of nitrogens with zero attached hydrogens (tertiary/aromatic N) is 1. The van der Waals surface area contributed by atoms with Gasteiger partial charge in [-0.2, -0.15) is 0 Å². The van der Waals surface area contributed by atoms with Gasteiger partial charge in [0.25, 0.3) is 11.1 Å². The Morgan fingerprint density at radius 1 is 1.19 bits per heavy atom. The number of pyridine rings is 1. The first-order chi connectivity index (χ1) is 12.5. The summed E-state index contributed by atoms with van der Waals surface area (Å²) in [7, 11) is 0. The number of esters is 1. The number of hydrogen-bond donors (Lipinski definition) is 1. The third-order valence-electron chi connectivity index (χ3n) is 3.73. The maximum absolute atomic E-state index is 12.1. The van der Waals surface area contributed by atoms with Crippen molar-refractivity contribution in [2.75, 3.05) is 0 Å². The maximum atomic E-state index is 12.1. The number of amides is 2. The Morgan fingerprint density at radius 3 is 2.54 bits per heavy atom. The molecule has 0 bridgehead atoms. The number of carbonyl (C=O) groups is 3. The second-order valence-electron chi connectivity index (χ2n) is 5.56. The van der Waals surface area contributed by atoms with Gasteiger partial charge in [0.1, 0.15) is 6.61 Å². The third kappa shape index (κ3) is 4.37. The Kier molecular flexibility index (Phi) is 5.48. The highest BCUT2D eigenvalue weighted by Crippen LogP contribution is 2.25. The lowest BCUT2D eigenvalue weighted by Gasteiger charge is -2.05. The van der Waals surface area contributed by atoms with E-state index in [2.05, 4.69) is 10.3 Å². The first-order valence-corrected chi connectivity index (χ1v) is 8.82. The van der Waals surface area contributed by atoms with Gasteiger partial charge in [-0.05, 0) is 53.6 Å². The van der Waals surface area contributed by atoms with Gasteiger partial charge >= 0.3 is 5.97 Å². The molecule has 0 saturated carbocycles. The number of nitrogens with one attached hydrogen (secondary N) is 1. The molecule has 1 aromatic carbocycles. The van der Waals surface area contributed by atoms with Crippen LogP contribution in [-0.4, -0.2) is 22.1 Å². The van der Waals surface area contributed by atoms with Crippen LogP contribution in [0.3, 0.4) is 0 Å². The van der Waals surface area contributed by atoms with Gasteiger partial charge in [0.15, 0.2) is 0 Å². The number of thioether (sulfide) groups is 1. The fourth-order valence-corrected chi connectivity index (χ4v) is 2.94. The molecule has 2 amide bonds. The number of ether oxygens (including phenoxy) is 1. The molecule has 1 aliphatic heterocycles. The highest BCUT2D eigenvalue weighted by Gasteiger charge is 2.24. The molecular formula is C19H16N2O4S. The Morgan fingerprint density at radius 2 is 1.96 bits per heavy atom. The van der Waals surface area contributed by atoms with Crippen molar-refractivity contribution in [1.29, 1.82) is 0 Å². The largest absolute Gasteiger partial charge is 0.456 e. The molecule has 0 spiro atoms. The van der Waals surface area contributed by atoms with Crippen molar-refractivity contribution in [3.05, 3.63) is 69.9 Å². The van der Waals surface area contributed by atoms with Crippen LogP contribution in [0.1, 0.15) is 34.1 Å². The van der Waals surface area contributed by atoms with E-state index in [1.54, 1.807) is 36.5 Å². The van der Waals surface area contributed by atoms with E-state index in [9.17, 15) is 14.4 Å². The Balaban J connectivity index is 1.60. The summed E-state index contributed by atoms with van der Waals surface area (Å²) in [5.74, 6) is -0.862. The van der Waals surface area contributed by atoms with E-state index in [1.165, 1.54) is 0 Å². The van der Waals surface area contributed by atoms with Crippen molar-refractivity contribution < 1.29 is 19.1 Å². The summed E-state index contributed by atoms with van der Waals surface area (Å²) in [5.41, 5.74) is 2.93. The fourth-order valence-electron chi connectivity index (χ4n) is 2.26. The monoisotopic (exact) mass is 368 g/mol. The van der Waals surface area contributed by atoms with E-state index in [0.717, 1.165) is 23.7 Å². The van der Waals surface area contributed by atoms with Crippen molar-refractivity contribution in [2.24, 2.45) is 0 Å². The van der Waals surface area contributed by atoms with Gasteiger partial charge < -0.3 is 4.74 Å². The zero-order valence-electron chi connectivity index (χ0n) is 14.0. The number of rotatable bonds is 5. The first kappa shape index (κ1) is 17.9. The Bertz CT molecular complexity index is 873. The molecule has 1 saturated heterocycles. The second-order valence-corrected chi connectivity index (χ2v) is 6.58. The Hall–Kier alpha value is -2.93. The van der Waals surface area contributed by atoms with Crippen LogP contribution in [0, 0.1) is 0 Å². The molecule has 7 heteroatoms. The van der Waals surface area contributed by atoms with Crippen LogP contribution in [0.2, 0.25) is 0 Å². The molecule has 1 fully saturated rings. The molecule has 0 atom stereocenters. The summed E-state index contributed by atoms with van der Waals surface area (Å²) in [6, 6.07) is 10.4. The van der Waals surface area contributed by atoms with Gasteiger partial charge in [0.2, 0.25) is 0 Å². The SMILES string of the molecule is CCc1ccc(COC(=O)c2ccc(/C=C3\SC(=O)NC3=O)cc2)nc1. The predicted octanol–water partition coefficient (Wildman–Crippen LogP) is 3.32. The van der Waals surface area contributed by atoms with E-state index < -0.39 is 11.9 Å². The number of imide groups is 1. The summed E-state index contributed by atoms with van der Waals surface area (Å²) in [6.45, 7) is 2.15. The molecule has 132 valence electrons. The van der Waals surface area contributed by atoms with E-state index in [-0.39, 0.29) is 11.8 Å². The predicted molar refractivity (Wildman–Crippen MR) is 98.3 cm³/mol. The van der Waals surface area contributed by atoms with Crippen LogP contribution in [-0.2, 0) is 22.6 Å². The average molecular weight is 368 g/mol. The van der Waals surface area contributed by atoms with Gasteiger partial charge in [0, 0.05) is 6.20 Å². The molecule has 2 heterocycles. The van der Waals surface area contributed by atoms with E-state index in [1.807, 2.05) is 19.1 Å². The summed E-state index contributed by atoms with van der Waals surface area (Å²) in [6.07, 6.45) is 4.27. The molecule has 26 heavy (non-hydrogen) atoms. The number of benzene rings is 1. The minimum absolute atomic E-state index is 0.105. The molecule has 0 aliphatic carbocycles. The van der Waals surface area contributed by atoms with Crippen LogP contribution in [0.15, 0.2) is 47.5 Å². The van der Waals surface area contributed by atoms with E-state index in [0.29, 0.717) is 21.7 Å². The van der Waals surface area contributed by atoms with Crippen LogP contribution in [0.5, 0.6) is 0 Å². The van der Waals surface area contributed by atoms with Gasteiger partial charge in [-0.15, -0.1) is 0 Å².